The van der Waals surface area contributed by atoms with Crippen LogP contribution in [0.25, 0.3) is 0 Å². The maximum absolute atomic E-state index is 14.0. The Kier molecular flexibility index (Phi) is 14.1. The molecule has 0 saturated heterocycles. The van der Waals surface area contributed by atoms with Gasteiger partial charge < -0.3 is 40.8 Å². The van der Waals surface area contributed by atoms with Gasteiger partial charge in [0.2, 0.25) is 0 Å². The number of esters is 2. The zero-order valence-corrected chi connectivity index (χ0v) is 29.4. The van der Waals surface area contributed by atoms with Crippen LogP contribution >= 0.6 is 0 Å². The van der Waals surface area contributed by atoms with Crippen molar-refractivity contribution in [3.8, 4) is 0 Å². The van der Waals surface area contributed by atoms with Crippen molar-refractivity contribution in [2.75, 3.05) is 39.5 Å². The first-order valence-corrected chi connectivity index (χ1v) is 18.5. The number of unbranched alkanes of at least 4 members (excludes halogenated alkanes) is 2. The fourth-order valence-electron chi connectivity index (χ4n) is 9.66. The molecule has 0 spiro atoms. The molecule has 4 rings (SSSR count). The summed E-state index contributed by atoms with van der Waals surface area (Å²) in [4.78, 5) is 38.6. The molecule has 4 aliphatic rings. The molecular weight excluding hydrogens is 616 g/mol. The molecule has 4 fully saturated rings. The molecule has 0 unspecified atom stereocenters. The van der Waals surface area contributed by atoms with E-state index in [0.717, 1.165) is 77.0 Å². The van der Waals surface area contributed by atoms with E-state index in [1.54, 1.807) is 0 Å². The third kappa shape index (κ3) is 8.36. The van der Waals surface area contributed by atoms with Gasteiger partial charge in [0, 0.05) is 61.4 Å². The Labute approximate surface area is 286 Å². The predicted octanol–water partition coefficient (Wildman–Crippen LogP) is 4.23. The quantitative estimate of drug-likeness (QED) is 0.0537. The number of nitrogens with zero attached hydrogens (tertiary/aromatic N) is 2. The van der Waals surface area contributed by atoms with Gasteiger partial charge in [-0.15, -0.1) is 0 Å². The SMILES string of the molecule is C[C@]12CC[C@H](CCCCO)C[C@@]1(OC(=O)C(=O)O[C@]13CC[C@H](C=NOCCN)[C@@]1(C)CC[C@H](CCCCO)C3)CC[C@@H]2C=NOCCN. The van der Waals surface area contributed by atoms with Gasteiger partial charge in [-0.3, -0.25) is 0 Å². The number of carbonyl (C=O) groups excluding carboxylic acids is 2. The molecule has 12 nitrogen and oxygen atoms in total. The molecule has 4 saturated carbocycles. The van der Waals surface area contributed by atoms with Crippen molar-refractivity contribution in [2.24, 2.45) is 56.3 Å². The van der Waals surface area contributed by atoms with Gasteiger partial charge in [0.1, 0.15) is 24.4 Å². The number of rotatable bonds is 18. The van der Waals surface area contributed by atoms with Crippen molar-refractivity contribution in [2.45, 2.75) is 128 Å². The fourth-order valence-corrected chi connectivity index (χ4v) is 9.66. The first-order valence-electron chi connectivity index (χ1n) is 18.5. The Morgan fingerprint density at radius 3 is 1.48 bits per heavy atom. The summed E-state index contributed by atoms with van der Waals surface area (Å²) in [6.45, 7) is 6.04. The fraction of sp³-hybridized carbons (Fsp3) is 0.889. The van der Waals surface area contributed by atoms with E-state index in [-0.39, 0.29) is 25.0 Å². The van der Waals surface area contributed by atoms with E-state index in [1.807, 2.05) is 12.4 Å². The lowest BCUT2D eigenvalue weighted by molar-refractivity contribution is -0.209. The summed E-state index contributed by atoms with van der Waals surface area (Å²) in [5.74, 6) is -1.14. The third-order valence-corrected chi connectivity index (χ3v) is 12.7. The van der Waals surface area contributed by atoms with E-state index < -0.39 is 34.0 Å². The molecule has 0 aliphatic heterocycles. The Balaban J connectivity index is 1.55. The number of nitrogens with two attached hydrogens (primary N) is 2. The van der Waals surface area contributed by atoms with Gasteiger partial charge >= 0.3 is 11.9 Å². The number of aliphatic hydroxyl groups excluding tert-OH is 2. The van der Waals surface area contributed by atoms with Crippen LogP contribution in [0.15, 0.2) is 10.3 Å². The third-order valence-electron chi connectivity index (χ3n) is 12.7. The highest BCUT2D eigenvalue weighted by Gasteiger charge is 2.64. The average molecular weight is 679 g/mol. The van der Waals surface area contributed by atoms with E-state index in [0.29, 0.717) is 63.8 Å². The molecule has 0 aromatic rings. The molecule has 0 radical (unpaired) electrons. The van der Waals surface area contributed by atoms with Crippen LogP contribution in [0, 0.1) is 34.5 Å². The van der Waals surface area contributed by atoms with Crippen molar-refractivity contribution < 1.29 is 39.0 Å². The second-order valence-electron chi connectivity index (χ2n) is 15.3. The van der Waals surface area contributed by atoms with E-state index >= 15 is 0 Å². The monoisotopic (exact) mass is 678 g/mol. The highest BCUT2D eigenvalue weighted by Crippen LogP contribution is 2.63. The van der Waals surface area contributed by atoms with Gasteiger partial charge in [0.25, 0.3) is 0 Å². The lowest BCUT2D eigenvalue weighted by Gasteiger charge is -2.52. The van der Waals surface area contributed by atoms with Gasteiger partial charge in [-0.05, 0) is 88.9 Å². The molecule has 8 atom stereocenters. The van der Waals surface area contributed by atoms with Gasteiger partial charge in [0.15, 0.2) is 0 Å². The van der Waals surface area contributed by atoms with Crippen LogP contribution < -0.4 is 11.5 Å². The minimum Gasteiger partial charge on any atom is -0.450 e. The van der Waals surface area contributed by atoms with Gasteiger partial charge in [-0.25, -0.2) is 9.59 Å². The molecule has 6 N–H and O–H groups in total. The van der Waals surface area contributed by atoms with Crippen LogP contribution in [0.3, 0.4) is 0 Å². The Bertz CT molecular complexity index is 1020. The maximum atomic E-state index is 14.0. The number of aliphatic hydroxyl groups is 2. The summed E-state index contributed by atoms with van der Waals surface area (Å²) < 4.78 is 12.9. The van der Waals surface area contributed by atoms with E-state index in [4.69, 9.17) is 30.6 Å². The van der Waals surface area contributed by atoms with E-state index in [9.17, 15) is 19.8 Å². The number of fused-ring (bicyclic) bond motifs is 2. The highest BCUT2D eigenvalue weighted by molar-refractivity contribution is 6.30. The molecule has 0 aromatic heterocycles. The summed E-state index contributed by atoms with van der Waals surface area (Å²) in [5, 5.41) is 27.1. The van der Waals surface area contributed by atoms with Crippen molar-refractivity contribution in [1.29, 1.82) is 0 Å². The van der Waals surface area contributed by atoms with Crippen LogP contribution in [0.1, 0.15) is 117 Å². The molecule has 0 aromatic carbocycles. The second kappa shape index (κ2) is 17.6. The molecule has 0 amide bonds. The number of ether oxygens (including phenoxy) is 2. The number of hydrogen-bond donors (Lipinski definition) is 4. The molecule has 4 aliphatic carbocycles. The summed E-state index contributed by atoms with van der Waals surface area (Å²) in [6.07, 6.45) is 16.6. The average Bonchev–Trinajstić information content (AvgIpc) is 3.51. The molecule has 48 heavy (non-hydrogen) atoms. The van der Waals surface area contributed by atoms with Gasteiger partial charge in [-0.1, -0.05) is 49.8 Å². The summed E-state index contributed by atoms with van der Waals surface area (Å²) in [6, 6.07) is 0. The highest BCUT2D eigenvalue weighted by atomic mass is 16.6. The molecule has 0 bridgehead atoms. The minimum atomic E-state index is -0.920. The van der Waals surface area contributed by atoms with Crippen molar-refractivity contribution in [1.82, 2.24) is 0 Å². The molecule has 0 heterocycles. The van der Waals surface area contributed by atoms with E-state index in [2.05, 4.69) is 24.2 Å². The van der Waals surface area contributed by atoms with Crippen LogP contribution in [0.4, 0.5) is 0 Å². The molecule has 12 heteroatoms. The number of oxime groups is 2. The van der Waals surface area contributed by atoms with Crippen LogP contribution in [-0.2, 0) is 28.7 Å². The first-order chi connectivity index (χ1) is 23.1. The maximum Gasteiger partial charge on any atom is 0.418 e. The normalized spacial score (nSPS) is 36.2. The first kappa shape index (κ1) is 38.5. The molecular formula is C36H62N4O8. The lowest BCUT2D eigenvalue weighted by Crippen LogP contribution is -2.56. The Morgan fingerprint density at radius 2 is 1.10 bits per heavy atom. The predicted molar refractivity (Wildman–Crippen MR) is 183 cm³/mol. The number of hydrogen-bond acceptors (Lipinski definition) is 12. The lowest BCUT2D eigenvalue weighted by atomic mass is 9.59. The van der Waals surface area contributed by atoms with E-state index in [1.165, 1.54) is 0 Å². The van der Waals surface area contributed by atoms with Crippen molar-refractivity contribution >= 4 is 24.4 Å². The van der Waals surface area contributed by atoms with Gasteiger partial charge in [0.05, 0.1) is 0 Å². The smallest absolute Gasteiger partial charge is 0.418 e. The van der Waals surface area contributed by atoms with Gasteiger partial charge in [-0.2, -0.15) is 0 Å². The Morgan fingerprint density at radius 1 is 0.688 bits per heavy atom. The molecule has 274 valence electrons. The largest absolute Gasteiger partial charge is 0.450 e. The second-order valence-corrected chi connectivity index (χ2v) is 15.3. The Hall–Kier alpha value is -2.28. The zero-order valence-electron chi connectivity index (χ0n) is 29.4. The standard InChI is InChI=1S/C36H62N4O8/c1-33-13-9-27(7-3-5-19-41)23-35(33,15-11-29(33)25-39-45-21-17-37)47-31(43)32(44)48-36-16-12-30(26-40-46-22-18-38)34(36,2)14-10-28(24-36)8-4-6-20-42/h25-30,41-42H,3-24,37-38H2,1-2H3/t27-,28-,29+,30+,33+,34+,35-,36-/m0/s1. The van der Waals surface area contributed by atoms with Crippen LogP contribution in [0.2, 0.25) is 0 Å². The van der Waals surface area contributed by atoms with Crippen molar-refractivity contribution in [3.63, 3.8) is 0 Å². The van der Waals surface area contributed by atoms with Crippen LogP contribution in [-0.4, -0.2) is 85.3 Å². The zero-order chi connectivity index (χ0) is 34.7. The summed E-state index contributed by atoms with van der Waals surface area (Å²) >= 11 is 0. The van der Waals surface area contributed by atoms with Crippen molar-refractivity contribution in [3.05, 3.63) is 0 Å². The van der Waals surface area contributed by atoms with Crippen LogP contribution in [0.5, 0.6) is 0 Å². The summed E-state index contributed by atoms with van der Waals surface area (Å²) in [7, 11) is 0. The number of carbonyl (C=O) groups is 2. The summed E-state index contributed by atoms with van der Waals surface area (Å²) in [5.41, 5.74) is 8.63. The topological polar surface area (TPSA) is 188 Å². The minimum absolute atomic E-state index is 0.0220.